The third kappa shape index (κ3) is 3.21. The molecule has 0 unspecified atom stereocenters. The maximum Gasteiger partial charge on any atom is 0.262 e. The topological polar surface area (TPSA) is 7.12 Å². The van der Waals surface area contributed by atoms with Crippen LogP contribution in [0.1, 0.15) is 30.0 Å². The monoisotopic (exact) mass is 393 g/mol. The fourth-order valence-corrected chi connectivity index (χ4v) is 6.04. The van der Waals surface area contributed by atoms with E-state index >= 15 is 0 Å². The van der Waals surface area contributed by atoms with Crippen molar-refractivity contribution in [1.29, 1.82) is 0 Å². The Labute approximate surface area is 169 Å². The second-order valence-electron chi connectivity index (χ2n) is 6.74. The number of aromatic nitrogens is 1. The van der Waals surface area contributed by atoms with Gasteiger partial charge in [-0.3, -0.25) is 0 Å². The number of hydrogen-bond donors (Lipinski definition) is 0. The summed E-state index contributed by atoms with van der Waals surface area (Å²) < 4.78 is 3.79. The Morgan fingerprint density at radius 2 is 1.81 bits per heavy atom. The van der Waals surface area contributed by atoms with Crippen LogP contribution in [0.4, 0.5) is 5.69 Å². The number of anilines is 1. The minimum atomic E-state index is 0.986. The molecule has 0 radical (unpaired) electrons. The number of nitrogens with zero attached hydrogens (tertiary/aromatic N) is 2. The highest BCUT2D eigenvalue weighted by Crippen LogP contribution is 2.47. The Morgan fingerprint density at radius 3 is 2.59 bits per heavy atom. The molecule has 0 aliphatic carbocycles. The molecular formula is C23H25N2S2+. The van der Waals surface area contributed by atoms with Crippen molar-refractivity contribution in [2.75, 3.05) is 11.4 Å². The van der Waals surface area contributed by atoms with E-state index in [1.807, 2.05) is 23.1 Å². The first-order valence-corrected chi connectivity index (χ1v) is 11.1. The van der Waals surface area contributed by atoms with E-state index in [-0.39, 0.29) is 0 Å². The maximum absolute atomic E-state index is 2.40. The second kappa shape index (κ2) is 7.53. The van der Waals surface area contributed by atoms with Gasteiger partial charge in [-0.15, -0.1) is 0 Å². The van der Waals surface area contributed by atoms with Gasteiger partial charge in [0.25, 0.3) is 5.01 Å². The van der Waals surface area contributed by atoms with Crippen LogP contribution in [0.3, 0.4) is 0 Å². The van der Waals surface area contributed by atoms with Crippen molar-refractivity contribution < 1.29 is 4.57 Å². The maximum atomic E-state index is 2.40. The van der Waals surface area contributed by atoms with Crippen molar-refractivity contribution in [3.05, 3.63) is 69.7 Å². The highest BCUT2D eigenvalue weighted by atomic mass is 32.2. The Hall–Kier alpha value is -2.04. The highest BCUT2D eigenvalue weighted by molar-refractivity contribution is 8.03. The third-order valence-electron chi connectivity index (χ3n) is 5.02. The Bertz CT molecular complexity index is 1060. The molecular weight excluding hydrogens is 368 g/mol. The summed E-state index contributed by atoms with van der Waals surface area (Å²) in [4.78, 5) is 3.79. The number of rotatable bonds is 4. The van der Waals surface area contributed by atoms with E-state index in [2.05, 4.69) is 91.8 Å². The zero-order valence-electron chi connectivity index (χ0n) is 16.3. The molecule has 27 heavy (non-hydrogen) atoms. The first kappa shape index (κ1) is 18.3. The van der Waals surface area contributed by atoms with Crippen molar-refractivity contribution >= 4 is 45.1 Å². The number of benzene rings is 2. The van der Waals surface area contributed by atoms with Crippen LogP contribution in [-0.4, -0.2) is 6.54 Å². The molecule has 1 aromatic heterocycles. The SMILES string of the molecule is CCN1/C(=C/C=C/c2sc3c(C)cccc3[n+]2CC)Sc2c(C)cccc21. The summed E-state index contributed by atoms with van der Waals surface area (Å²) in [6, 6.07) is 13.1. The summed E-state index contributed by atoms with van der Waals surface area (Å²) in [5.41, 5.74) is 5.38. The average Bonchev–Trinajstić information content (AvgIpc) is 3.21. The van der Waals surface area contributed by atoms with Gasteiger partial charge < -0.3 is 4.90 Å². The standard InChI is InChI=1S/C23H25N2S2/c1-5-24-18-12-7-10-16(3)22(18)26-20(24)14-9-15-21-25(6-2)19-13-8-11-17(4)23(19)27-21/h7-15H,5-6H2,1-4H3/q+1. The van der Waals surface area contributed by atoms with Crippen molar-refractivity contribution in [3.63, 3.8) is 0 Å². The van der Waals surface area contributed by atoms with Gasteiger partial charge in [-0.2, -0.15) is 4.57 Å². The molecule has 0 bridgehead atoms. The van der Waals surface area contributed by atoms with Gasteiger partial charge >= 0.3 is 0 Å². The highest BCUT2D eigenvalue weighted by Gasteiger charge is 2.24. The second-order valence-corrected chi connectivity index (χ2v) is 8.80. The molecule has 3 aromatic rings. The number of thiazole rings is 1. The Balaban J connectivity index is 1.67. The largest absolute Gasteiger partial charge is 0.335 e. The van der Waals surface area contributed by atoms with Crippen LogP contribution in [0, 0.1) is 13.8 Å². The molecule has 0 saturated carbocycles. The Morgan fingerprint density at radius 1 is 1.04 bits per heavy atom. The van der Waals surface area contributed by atoms with Gasteiger partial charge in [0.2, 0.25) is 5.52 Å². The fraction of sp³-hybridized carbons (Fsp3) is 0.261. The molecule has 2 aromatic carbocycles. The van der Waals surface area contributed by atoms with Gasteiger partial charge in [-0.1, -0.05) is 53.4 Å². The van der Waals surface area contributed by atoms with E-state index in [1.165, 1.54) is 42.0 Å². The third-order valence-corrected chi connectivity index (χ3v) is 7.62. The number of aryl methyl sites for hydroxylation is 3. The van der Waals surface area contributed by atoms with Crippen molar-refractivity contribution in [2.24, 2.45) is 0 Å². The predicted octanol–water partition coefficient (Wildman–Crippen LogP) is 6.31. The molecule has 4 heteroatoms. The van der Waals surface area contributed by atoms with Crippen LogP contribution >= 0.6 is 23.1 Å². The van der Waals surface area contributed by atoms with Crippen LogP contribution in [0.5, 0.6) is 0 Å². The van der Waals surface area contributed by atoms with Crippen LogP contribution in [0.2, 0.25) is 0 Å². The predicted molar refractivity (Wildman–Crippen MR) is 120 cm³/mol. The normalized spacial score (nSPS) is 15.4. The summed E-state index contributed by atoms with van der Waals surface area (Å²) in [5.74, 6) is 0. The van der Waals surface area contributed by atoms with E-state index in [0.717, 1.165) is 13.1 Å². The van der Waals surface area contributed by atoms with Gasteiger partial charge in [-0.25, -0.2) is 0 Å². The van der Waals surface area contributed by atoms with E-state index in [1.54, 1.807) is 0 Å². The lowest BCUT2D eigenvalue weighted by atomic mass is 10.2. The van der Waals surface area contributed by atoms with Gasteiger partial charge in [0.1, 0.15) is 11.2 Å². The molecule has 0 atom stereocenters. The molecule has 0 amide bonds. The van der Waals surface area contributed by atoms with Gasteiger partial charge in [0.15, 0.2) is 0 Å². The minimum Gasteiger partial charge on any atom is -0.335 e. The molecule has 0 fully saturated rings. The Kier molecular flexibility index (Phi) is 5.11. The fourth-order valence-electron chi connectivity index (χ4n) is 3.63. The van der Waals surface area contributed by atoms with Gasteiger partial charge in [0, 0.05) is 23.6 Å². The van der Waals surface area contributed by atoms with Crippen molar-refractivity contribution in [2.45, 2.75) is 39.1 Å². The average molecular weight is 394 g/mol. The zero-order valence-corrected chi connectivity index (χ0v) is 18.0. The van der Waals surface area contributed by atoms with Crippen LogP contribution in [0.25, 0.3) is 16.3 Å². The van der Waals surface area contributed by atoms with Gasteiger partial charge in [0.05, 0.1) is 10.7 Å². The van der Waals surface area contributed by atoms with Gasteiger partial charge in [-0.05, 0) is 51.0 Å². The summed E-state index contributed by atoms with van der Waals surface area (Å²) in [6.07, 6.45) is 6.72. The molecule has 0 spiro atoms. The minimum absolute atomic E-state index is 0.986. The smallest absolute Gasteiger partial charge is 0.262 e. The molecule has 0 N–H and O–H groups in total. The molecule has 1 aliphatic heterocycles. The number of thioether (sulfide) groups is 1. The molecule has 0 saturated heterocycles. The summed E-state index contributed by atoms with van der Waals surface area (Å²) in [7, 11) is 0. The molecule has 4 rings (SSSR count). The van der Waals surface area contributed by atoms with Crippen LogP contribution in [0.15, 0.2) is 58.5 Å². The first-order valence-electron chi connectivity index (χ1n) is 9.49. The molecule has 1 aliphatic rings. The molecule has 138 valence electrons. The lowest BCUT2D eigenvalue weighted by Crippen LogP contribution is -2.33. The van der Waals surface area contributed by atoms with Crippen LogP contribution in [-0.2, 0) is 6.54 Å². The quantitative estimate of drug-likeness (QED) is 0.479. The first-order chi connectivity index (χ1) is 13.1. The number of hydrogen-bond acceptors (Lipinski definition) is 3. The number of allylic oxidation sites excluding steroid dienone is 2. The van der Waals surface area contributed by atoms with E-state index in [4.69, 9.17) is 0 Å². The number of fused-ring (bicyclic) bond motifs is 2. The lowest BCUT2D eigenvalue weighted by molar-refractivity contribution is -0.665. The van der Waals surface area contributed by atoms with E-state index < -0.39 is 0 Å². The zero-order chi connectivity index (χ0) is 19.0. The van der Waals surface area contributed by atoms with E-state index in [0.29, 0.717) is 0 Å². The van der Waals surface area contributed by atoms with Crippen molar-refractivity contribution in [1.82, 2.24) is 0 Å². The summed E-state index contributed by atoms with van der Waals surface area (Å²) in [5, 5.41) is 2.61. The van der Waals surface area contributed by atoms with E-state index in [9.17, 15) is 0 Å². The molecule has 2 heterocycles. The van der Waals surface area contributed by atoms with Crippen LogP contribution < -0.4 is 9.47 Å². The summed E-state index contributed by atoms with van der Waals surface area (Å²) >= 11 is 3.76. The van der Waals surface area contributed by atoms with Crippen molar-refractivity contribution in [3.8, 4) is 0 Å². The molecule has 2 nitrogen and oxygen atoms in total. The lowest BCUT2D eigenvalue weighted by Gasteiger charge is -2.17. The summed E-state index contributed by atoms with van der Waals surface area (Å²) in [6.45, 7) is 10.8.